The van der Waals surface area contributed by atoms with Gasteiger partial charge in [-0.15, -0.1) is 0 Å². The van der Waals surface area contributed by atoms with Crippen LogP contribution in [0.3, 0.4) is 0 Å². The van der Waals surface area contributed by atoms with Gasteiger partial charge >= 0.3 is 0 Å². The van der Waals surface area contributed by atoms with Crippen molar-refractivity contribution in [3.05, 3.63) is 34.3 Å². The lowest BCUT2D eigenvalue weighted by Gasteiger charge is -2.10. The smallest absolute Gasteiger partial charge is 0.180 e. The number of Topliss-reactive ketones (excluding diaryl/α,β-unsaturated/α-hetero) is 1. The minimum Gasteiger partial charge on any atom is -0.293 e. The van der Waals surface area contributed by atoms with Crippen molar-refractivity contribution in [2.75, 3.05) is 5.75 Å². The van der Waals surface area contributed by atoms with Gasteiger partial charge in [0.25, 0.3) is 0 Å². The Hall–Kier alpha value is -0.680. The molecule has 0 aliphatic carbocycles. The molecule has 0 saturated heterocycles. The first-order valence-electron chi connectivity index (χ1n) is 4.90. The molecule has 1 atom stereocenters. The summed E-state index contributed by atoms with van der Waals surface area (Å²) in [6.07, 6.45) is 0. The molecule has 88 valence electrons. The molecule has 1 rings (SSSR count). The van der Waals surface area contributed by atoms with Gasteiger partial charge in [0.1, 0.15) is 5.25 Å². The molecule has 0 aliphatic heterocycles. The molecular weight excluding hydrogens is 292 g/mol. The number of halogens is 1. The van der Waals surface area contributed by atoms with Gasteiger partial charge < -0.3 is 0 Å². The maximum Gasteiger partial charge on any atom is 0.180 e. The normalized spacial score (nSPS) is 13.4. The number of carbonyl (C=O) groups excluding carboxylic acids is 1. The second-order valence-electron chi connectivity index (χ2n) is 3.46. The van der Waals surface area contributed by atoms with E-state index in [-0.39, 0.29) is 11.5 Å². The van der Waals surface area contributed by atoms with Crippen LogP contribution >= 0.6 is 15.9 Å². The van der Waals surface area contributed by atoms with Gasteiger partial charge in [-0.25, -0.2) is 8.42 Å². The van der Waals surface area contributed by atoms with E-state index in [0.717, 1.165) is 4.47 Å². The first-order chi connectivity index (χ1) is 7.38. The fourth-order valence-corrected chi connectivity index (χ4v) is 2.49. The predicted molar refractivity (Wildman–Crippen MR) is 67.4 cm³/mol. The van der Waals surface area contributed by atoms with E-state index in [1.165, 1.54) is 6.92 Å². The Morgan fingerprint density at radius 1 is 1.31 bits per heavy atom. The highest BCUT2D eigenvalue weighted by atomic mass is 79.9. The van der Waals surface area contributed by atoms with Gasteiger partial charge in [0.05, 0.1) is 0 Å². The van der Waals surface area contributed by atoms with E-state index in [4.69, 9.17) is 0 Å². The highest BCUT2D eigenvalue weighted by Gasteiger charge is 2.26. The SMILES string of the molecule is CCS(=O)(=O)[C@H](C)C(=O)c1ccc(Br)cc1. The Morgan fingerprint density at radius 3 is 2.25 bits per heavy atom. The van der Waals surface area contributed by atoms with Gasteiger partial charge in [0.2, 0.25) is 0 Å². The highest BCUT2D eigenvalue weighted by molar-refractivity contribution is 9.10. The second-order valence-corrected chi connectivity index (χ2v) is 6.99. The zero-order chi connectivity index (χ0) is 12.3. The van der Waals surface area contributed by atoms with Gasteiger partial charge in [-0.05, 0) is 19.1 Å². The number of carbonyl (C=O) groups is 1. The summed E-state index contributed by atoms with van der Waals surface area (Å²) in [5.41, 5.74) is 0.424. The molecule has 0 bridgehead atoms. The lowest BCUT2D eigenvalue weighted by molar-refractivity contribution is 0.0991. The Morgan fingerprint density at radius 2 is 1.81 bits per heavy atom. The van der Waals surface area contributed by atoms with Crippen molar-refractivity contribution in [2.24, 2.45) is 0 Å². The van der Waals surface area contributed by atoms with Crippen LogP contribution in [0.1, 0.15) is 24.2 Å². The summed E-state index contributed by atoms with van der Waals surface area (Å²) in [7, 11) is -3.32. The molecule has 16 heavy (non-hydrogen) atoms. The van der Waals surface area contributed by atoms with Crippen LogP contribution in [0.4, 0.5) is 0 Å². The number of rotatable bonds is 4. The Labute approximate surface area is 104 Å². The summed E-state index contributed by atoms with van der Waals surface area (Å²) < 4.78 is 24.0. The molecule has 5 heteroatoms. The van der Waals surface area contributed by atoms with E-state index < -0.39 is 15.1 Å². The molecule has 0 fully saturated rings. The van der Waals surface area contributed by atoms with Crippen LogP contribution in [0, 0.1) is 0 Å². The Bertz CT molecular complexity index is 476. The Balaban J connectivity index is 2.99. The van der Waals surface area contributed by atoms with Gasteiger partial charge in [-0.3, -0.25) is 4.79 Å². The molecule has 1 aromatic rings. The first kappa shape index (κ1) is 13.4. The van der Waals surface area contributed by atoms with Crippen LogP contribution in [-0.2, 0) is 9.84 Å². The molecule has 0 amide bonds. The number of ketones is 1. The van der Waals surface area contributed by atoms with E-state index in [1.54, 1.807) is 31.2 Å². The van der Waals surface area contributed by atoms with Crippen molar-refractivity contribution < 1.29 is 13.2 Å². The third kappa shape index (κ3) is 2.92. The second kappa shape index (κ2) is 5.10. The maximum atomic E-state index is 11.9. The predicted octanol–water partition coefficient (Wildman–Crippen LogP) is 2.46. The zero-order valence-corrected chi connectivity index (χ0v) is 11.5. The number of hydrogen-bond donors (Lipinski definition) is 0. The van der Waals surface area contributed by atoms with Crippen LogP contribution < -0.4 is 0 Å². The molecule has 1 aromatic carbocycles. The average Bonchev–Trinajstić information content (AvgIpc) is 2.28. The fraction of sp³-hybridized carbons (Fsp3) is 0.364. The minimum absolute atomic E-state index is 0.0174. The summed E-state index contributed by atoms with van der Waals surface area (Å²) >= 11 is 3.26. The van der Waals surface area contributed by atoms with Crippen molar-refractivity contribution in [1.29, 1.82) is 0 Å². The third-order valence-electron chi connectivity index (χ3n) is 2.44. The average molecular weight is 305 g/mol. The quantitative estimate of drug-likeness (QED) is 0.803. The fourth-order valence-electron chi connectivity index (χ4n) is 1.26. The van der Waals surface area contributed by atoms with Crippen LogP contribution in [-0.4, -0.2) is 25.2 Å². The van der Waals surface area contributed by atoms with Gasteiger partial charge in [-0.2, -0.15) is 0 Å². The van der Waals surface area contributed by atoms with Crippen LogP contribution in [0.2, 0.25) is 0 Å². The van der Waals surface area contributed by atoms with Crippen molar-refractivity contribution in [3.8, 4) is 0 Å². The van der Waals surface area contributed by atoms with E-state index in [1.807, 2.05) is 0 Å². The molecule has 3 nitrogen and oxygen atoms in total. The van der Waals surface area contributed by atoms with E-state index in [0.29, 0.717) is 5.56 Å². The number of hydrogen-bond acceptors (Lipinski definition) is 3. The van der Waals surface area contributed by atoms with Crippen LogP contribution in [0.5, 0.6) is 0 Å². The molecular formula is C11H13BrO3S. The molecule has 0 spiro atoms. The molecule has 0 N–H and O–H groups in total. The largest absolute Gasteiger partial charge is 0.293 e. The third-order valence-corrected chi connectivity index (χ3v) is 5.06. The summed E-state index contributed by atoms with van der Waals surface area (Å²) in [6.45, 7) is 2.98. The topological polar surface area (TPSA) is 51.2 Å². The van der Waals surface area contributed by atoms with Crippen molar-refractivity contribution in [1.82, 2.24) is 0 Å². The molecule has 0 saturated carbocycles. The zero-order valence-electron chi connectivity index (χ0n) is 9.10. The van der Waals surface area contributed by atoms with Gasteiger partial charge in [0.15, 0.2) is 15.6 Å². The monoisotopic (exact) mass is 304 g/mol. The van der Waals surface area contributed by atoms with E-state index in [2.05, 4.69) is 15.9 Å². The minimum atomic E-state index is -3.32. The van der Waals surface area contributed by atoms with Crippen molar-refractivity contribution in [2.45, 2.75) is 19.1 Å². The van der Waals surface area contributed by atoms with E-state index in [9.17, 15) is 13.2 Å². The number of benzene rings is 1. The first-order valence-corrected chi connectivity index (χ1v) is 7.40. The lowest BCUT2D eigenvalue weighted by atomic mass is 10.1. The maximum absolute atomic E-state index is 11.9. The lowest BCUT2D eigenvalue weighted by Crippen LogP contribution is -2.28. The van der Waals surface area contributed by atoms with Crippen LogP contribution in [0.15, 0.2) is 28.7 Å². The van der Waals surface area contributed by atoms with Gasteiger partial charge in [0, 0.05) is 15.8 Å². The Kier molecular flexibility index (Phi) is 4.27. The molecule has 0 unspecified atom stereocenters. The summed E-state index contributed by atoms with van der Waals surface area (Å²) in [6, 6.07) is 6.68. The molecule has 0 aliphatic rings. The highest BCUT2D eigenvalue weighted by Crippen LogP contribution is 2.14. The standard InChI is InChI=1S/C11H13BrO3S/c1-3-16(14,15)8(2)11(13)9-4-6-10(12)7-5-9/h4-8H,3H2,1-2H3/t8-/m1/s1. The summed E-state index contributed by atoms with van der Waals surface area (Å²) in [4.78, 5) is 11.9. The van der Waals surface area contributed by atoms with Crippen LogP contribution in [0.25, 0.3) is 0 Å². The number of sulfone groups is 1. The molecule has 0 radical (unpaired) electrons. The summed E-state index contributed by atoms with van der Waals surface area (Å²) in [5, 5.41) is -0.973. The van der Waals surface area contributed by atoms with Crippen molar-refractivity contribution in [3.63, 3.8) is 0 Å². The van der Waals surface area contributed by atoms with Gasteiger partial charge in [-0.1, -0.05) is 35.0 Å². The van der Waals surface area contributed by atoms with E-state index >= 15 is 0 Å². The van der Waals surface area contributed by atoms with Crippen molar-refractivity contribution >= 4 is 31.6 Å². The molecule has 0 heterocycles. The summed E-state index contributed by atoms with van der Waals surface area (Å²) in [5.74, 6) is -0.370. The molecule has 0 aromatic heterocycles.